The lowest BCUT2D eigenvalue weighted by Gasteiger charge is -2.45. The number of piperazine rings is 1. The van der Waals surface area contributed by atoms with E-state index in [0.29, 0.717) is 28.6 Å². The molecular formula is C29H26N6O3S. The average molecular weight is 539 g/mol. The second-order valence-electron chi connectivity index (χ2n) is 9.66. The summed E-state index contributed by atoms with van der Waals surface area (Å²) in [6.07, 6.45) is 1.61. The number of benzene rings is 2. The number of aromatic nitrogens is 2. The van der Waals surface area contributed by atoms with Crippen LogP contribution in [0.2, 0.25) is 0 Å². The summed E-state index contributed by atoms with van der Waals surface area (Å²) in [7, 11) is 1.79. The zero-order chi connectivity index (χ0) is 27.1. The first-order valence-electron chi connectivity index (χ1n) is 12.6. The fraction of sp³-hybridized carbons (Fsp3) is 0.241. The smallest absolute Gasteiger partial charge is 0.298 e. The van der Waals surface area contributed by atoms with Crippen molar-refractivity contribution in [2.24, 2.45) is 7.05 Å². The highest BCUT2D eigenvalue weighted by Crippen LogP contribution is 2.38. The molecule has 9 nitrogen and oxygen atoms in total. The van der Waals surface area contributed by atoms with Gasteiger partial charge in [-0.15, -0.1) is 0 Å². The second-order valence-corrected chi connectivity index (χ2v) is 10.7. The molecule has 0 saturated carbocycles. The van der Waals surface area contributed by atoms with Crippen LogP contribution in [0.15, 0.2) is 60.8 Å². The largest absolute Gasteiger partial charge is 0.489 e. The standard InChI is InChI=1S/C29H26N6O3S/c1-18-12-23(19-6-4-3-5-7-19)26(33(18)2)27(36)28(37)32-20-8-9-24-25(13-20)38-17-21-16-34(10-11-35(21)24)29-31-15-22(14-30)39-29/h3-9,12-13,15,21H,10-11,16-17H2,1-2H3,(H,32,37)/t21-/m1/s1. The third kappa shape index (κ3) is 4.51. The van der Waals surface area contributed by atoms with Crippen LogP contribution < -0.4 is 19.9 Å². The van der Waals surface area contributed by atoms with E-state index in [-0.39, 0.29) is 6.04 Å². The minimum Gasteiger partial charge on any atom is -0.489 e. The number of carbonyl (C=O) groups is 2. The van der Waals surface area contributed by atoms with E-state index in [1.807, 2.05) is 49.4 Å². The molecule has 4 aromatic rings. The van der Waals surface area contributed by atoms with Crippen LogP contribution >= 0.6 is 11.3 Å². The molecule has 1 atom stereocenters. The monoisotopic (exact) mass is 538 g/mol. The van der Waals surface area contributed by atoms with Crippen LogP contribution in [0.25, 0.3) is 11.1 Å². The number of aryl methyl sites for hydroxylation is 1. The quantitative estimate of drug-likeness (QED) is 0.299. The van der Waals surface area contributed by atoms with Gasteiger partial charge in [-0.25, -0.2) is 4.98 Å². The van der Waals surface area contributed by atoms with E-state index in [1.165, 1.54) is 11.3 Å². The Morgan fingerprint density at radius 1 is 1.15 bits per heavy atom. The Bertz CT molecular complexity index is 1620. The van der Waals surface area contributed by atoms with Gasteiger partial charge in [0.15, 0.2) is 5.13 Å². The molecule has 4 heterocycles. The number of nitrogens with zero attached hydrogens (tertiary/aromatic N) is 5. The van der Waals surface area contributed by atoms with Crippen LogP contribution in [0.4, 0.5) is 16.5 Å². The van der Waals surface area contributed by atoms with E-state index >= 15 is 0 Å². The number of ether oxygens (including phenoxy) is 1. The van der Waals surface area contributed by atoms with Crippen LogP contribution in [-0.2, 0) is 11.8 Å². The molecule has 39 heavy (non-hydrogen) atoms. The lowest BCUT2D eigenvalue weighted by Crippen LogP contribution is -2.57. The lowest BCUT2D eigenvalue weighted by molar-refractivity contribution is -0.112. The highest BCUT2D eigenvalue weighted by atomic mass is 32.1. The number of Topliss-reactive ketones (excluding diaryl/α,β-unsaturated/α-hetero) is 1. The zero-order valence-corrected chi connectivity index (χ0v) is 22.4. The number of nitrogens with one attached hydrogen (secondary N) is 1. The summed E-state index contributed by atoms with van der Waals surface area (Å²) in [6, 6.07) is 19.3. The first kappa shape index (κ1) is 24.7. The van der Waals surface area contributed by atoms with Gasteiger partial charge in [-0.3, -0.25) is 9.59 Å². The Kier molecular flexibility index (Phi) is 6.29. The molecule has 0 bridgehead atoms. The lowest BCUT2D eigenvalue weighted by atomic mass is 10.0. The summed E-state index contributed by atoms with van der Waals surface area (Å²) >= 11 is 1.40. The number of fused-ring (bicyclic) bond motifs is 3. The van der Waals surface area contributed by atoms with Gasteiger partial charge in [0, 0.05) is 49.7 Å². The summed E-state index contributed by atoms with van der Waals surface area (Å²) in [4.78, 5) is 35.9. The first-order valence-corrected chi connectivity index (χ1v) is 13.5. The number of carbonyl (C=O) groups excluding carboxylic acids is 2. The highest BCUT2D eigenvalue weighted by Gasteiger charge is 2.34. The summed E-state index contributed by atoms with van der Waals surface area (Å²) in [5.74, 6) is -0.623. The van der Waals surface area contributed by atoms with Crippen LogP contribution in [0, 0.1) is 18.3 Å². The van der Waals surface area contributed by atoms with Gasteiger partial charge in [0.1, 0.15) is 29.0 Å². The van der Waals surface area contributed by atoms with Crippen LogP contribution in [-0.4, -0.2) is 53.5 Å². The molecule has 196 valence electrons. The van der Waals surface area contributed by atoms with E-state index in [4.69, 9.17) is 10.00 Å². The summed E-state index contributed by atoms with van der Waals surface area (Å²) in [5.41, 5.74) is 4.32. The molecule has 10 heteroatoms. The summed E-state index contributed by atoms with van der Waals surface area (Å²) in [6.45, 7) is 4.70. The number of hydrogen-bond acceptors (Lipinski definition) is 8. The topological polar surface area (TPSA) is 103 Å². The molecule has 1 saturated heterocycles. The minimum absolute atomic E-state index is 0.139. The molecule has 1 fully saturated rings. The number of thiazole rings is 1. The Morgan fingerprint density at radius 3 is 2.74 bits per heavy atom. The van der Waals surface area contributed by atoms with E-state index in [0.717, 1.165) is 47.3 Å². The van der Waals surface area contributed by atoms with Crippen molar-refractivity contribution in [3.05, 3.63) is 77.1 Å². The molecule has 1 N–H and O–H groups in total. The Labute approximate surface area is 229 Å². The zero-order valence-electron chi connectivity index (χ0n) is 21.5. The fourth-order valence-corrected chi connectivity index (χ4v) is 5.97. The maximum absolute atomic E-state index is 13.3. The van der Waals surface area contributed by atoms with Gasteiger partial charge in [0.2, 0.25) is 0 Å². The number of nitriles is 1. The number of rotatable bonds is 5. The molecule has 0 spiro atoms. The van der Waals surface area contributed by atoms with Gasteiger partial charge < -0.3 is 24.4 Å². The molecule has 6 rings (SSSR count). The average Bonchev–Trinajstić information content (AvgIpc) is 3.57. The Morgan fingerprint density at radius 2 is 1.97 bits per heavy atom. The van der Waals surface area contributed by atoms with Crippen LogP contribution in [0.5, 0.6) is 5.75 Å². The van der Waals surface area contributed by atoms with E-state index < -0.39 is 11.7 Å². The van der Waals surface area contributed by atoms with E-state index in [2.05, 4.69) is 26.2 Å². The second kappa shape index (κ2) is 9.93. The third-order valence-electron chi connectivity index (χ3n) is 7.29. The number of ketones is 1. The maximum atomic E-state index is 13.3. The minimum atomic E-state index is -0.698. The van der Waals surface area contributed by atoms with Crippen molar-refractivity contribution in [1.82, 2.24) is 9.55 Å². The van der Waals surface area contributed by atoms with Crippen molar-refractivity contribution in [1.29, 1.82) is 5.26 Å². The van der Waals surface area contributed by atoms with E-state index in [1.54, 1.807) is 29.9 Å². The van der Waals surface area contributed by atoms with Crippen molar-refractivity contribution < 1.29 is 14.3 Å². The normalized spacial score (nSPS) is 16.1. The van der Waals surface area contributed by atoms with Gasteiger partial charge in [0.25, 0.3) is 11.7 Å². The molecule has 0 aliphatic carbocycles. The van der Waals surface area contributed by atoms with Gasteiger partial charge in [-0.05, 0) is 30.7 Å². The van der Waals surface area contributed by atoms with Crippen molar-refractivity contribution in [3.63, 3.8) is 0 Å². The molecule has 2 aromatic carbocycles. The molecule has 2 aliphatic heterocycles. The van der Waals surface area contributed by atoms with Gasteiger partial charge >= 0.3 is 0 Å². The molecule has 2 aromatic heterocycles. The SMILES string of the molecule is Cc1cc(-c2ccccc2)c(C(=O)C(=O)Nc2ccc3c(c2)OC[C@H]2CN(c4ncc(C#N)s4)CCN32)n1C. The molecular weight excluding hydrogens is 512 g/mol. The van der Waals surface area contributed by atoms with Crippen LogP contribution in [0.1, 0.15) is 21.1 Å². The predicted molar refractivity (Wildman–Crippen MR) is 151 cm³/mol. The molecule has 1 amide bonds. The van der Waals surface area contributed by atoms with Gasteiger partial charge in [0.05, 0.1) is 17.9 Å². The van der Waals surface area contributed by atoms with Crippen LogP contribution in [0.3, 0.4) is 0 Å². The predicted octanol–water partition coefficient (Wildman–Crippen LogP) is 4.24. The van der Waals surface area contributed by atoms with Gasteiger partial charge in [-0.1, -0.05) is 41.7 Å². The summed E-state index contributed by atoms with van der Waals surface area (Å²) in [5, 5.41) is 12.7. The van der Waals surface area contributed by atoms with Crippen molar-refractivity contribution in [3.8, 4) is 22.9 Å². The van der Waals surface area contributed by atoms with Crippen molar-refractivity contribution in [2.75, 3.05) is 41.4 Å². The van der Waals surface area contributed by atoms with Gasteiger partial charge in [-0.2, -0.15) is 5.26 Å². The fourth-order valence-electron chi connectivity index (χ4n) is 5.22. The Balaban J connectivity index is 1.18. The number of amides is 1. The van der Waals surface area contributed by atoms with Crippen molar-refractivity contribution >= 4 is 39.5 Å². The maximum Gasteiger partial charge on any atom is 0.298 e. The first-order chi connectivity index (χ1) is 18.9. The molecule has 0 radical (unpaired) electrons. The highest BCUT2D eigenvalue weighted by molar-refractivity contribution is 7.16. The van der Waals surface area contributed by atoms with E-state index in [9.17, 15) is 9.59 Å². The molecule has 0 unspecified atom stereocenters. The van der Waals surface area contributed by atoms with Crippen molar-refractivity contribution in [2.45, 2.75) is 13.0 Å². The summed E-state index contributed by atoms with van der Waals surface area (Å²) < 4.78 is 7.85. The Hall–Kier alpha value is -4.62. The molecule has 2 aliphatic rings. The number of hydrogen-bond donors (Lipinski definition) is 1. The third-order valence-corrected chi connectivity index (χ3v) is 8.26. The number of anilines is 3.